The highest BCUT2D eigenvalue weighted by Gasteiger charge is 2.15. The van der Waals surface area contributed by atoms with Gasteiger partial charge in [-0.1, -0.05) is 42.5 Å². The van der Waals surface area contributed by atoms with Gasteiger partial charge in [-0.2, -0.15) is 0 Å². The summed E-state index contributed by atoms with van der Waals surface area (Å²) in [6.45, 7) is 1.53. The Morgan fingerprint density at radius 3 is 1.82 bits per heavy atom. The minimum atomic E-state index is -1.11. The van der Waals surface area contributed by atoms with E-state index in [4.69, 9.17) is 5.11 Å². The van der Waals surface area contributed by atoms with Gasteiger partial charge in [0.05, 0.1) is 5.56 Å². The van der Waals surface area contributed by atoms with Gasteiger partial charge in [-0.05, 0) is 24.1 Å². The van der Waals surface area contributed by atoms with E-state index in [2.05, 4.69) is 0 Å². The summed E-state index contributed by atoms with van der Waals surface area (Å²) in [5.41, 5.74) is 1.91. The smallest absolute Gasteiger partial charge is 0.336 e. The SMILES string of the molecule is CC(=O)Cc1ccc(CC(=O)c2ccccc2C(=O)O)cc1. The van der Waals surface area contributed by atoms with Crippen LogP contribution in [0.1, 0.15) is 38.8 Å². The molecule has 4 nitrogen and oxygen atoms in total. The number of carbonyl (C=O) groups excluding carboxylic acids is 2. The maximum Gasteiger partial charge on any atom is 0.336 e. The number of ketones is 2. The molecule has 2 aromatic carbocycles. The Morgan fingerprint density at radius 1 is 0.818 bits per heavy atom. The number of hydrogen-bond donors (Lipinski definition) is 1. The van der Waals surface area contributed by atoms with Crippen molar-refractivity contribution >= 4 is 17.5 Å². The van der Waals surface area contributed by atoms with Gasteiger partial charge in [-0.15, -0.1) is 0 Å². The van der Waals surface area contributed by atoms with Gasteiger partial charge < -0.3 is 5.11 Å². The fourth-order valence-corrected chi connectivity index (χ4v) is 2.26. The van der Waals surface area contributed by atoms with E-state index in [1.165, 1.54) is 19.1 Å². The number of benzene rings is 2. The summed E-state index contributed by atoms with van der Waals surface area (Å²) in [6.07, 6.45) is 0.501. The van der Waals surface area contributed by atoms with Crippen LogP contribution in [0.25, 0.3) is 0 Å². The molecular weight excluding hydrogens is 280 g/mol. The number of aromatic carboxylic acids is 1. The first kappa shape index (κ1) is 15.6. The van der Waals surface area contributed by atoms with E-state index in [1.807, 2.05) is 12.1 Å². The summed E-state index contributed by atoms with van der Waals surface area (Å²) < 4.78 is 0. The molecule has 112 valence electrons. The second-order valence-corrected chi connectivity index (χ2v) is 5.15. The molecule has 1 N–H and O–H groups in total. The van der Waals surface area contributed by atoms with Crippen LogP contribution in [0.4, 0.5) is 0 Å². The van der Waals surface area contributed by atoms with Gasteiger partial charge in [-0.3, -0.25) is 9.59 Å². The van der Waals surface area contributed by atoms with E-state index >= 15 is 0 Å². The van der Waals surface area contributed by atoms with E-state index < -0.39 is 5.97 Å². The Morgan fingerprint density at radius 2 is 1.32 bits per heavy atom. The van der Waals surface area contributed by atoms with Crippen molar-refractivity contribution in [2.75, 3.05) is 0 Å². The monoisotopic (exact) mass is 296 g/mol. The third-order valence-electron chi connectivity index (χ3n) is 3.30. The minimum absolute atomic E-state index is 0.0145. The minimum Gasteiger partial charge on any atom is -0.478 e. The predicted octanol–water partition coefficient (Wildman–Crippen LogP) is 2.94. The lowest BCUT2D eigenvalue weighted by atomic mass is 9.97. The highest BCUT2D eigenvalue weighted by molar-refractivity contribution is 6.06. The highest BCUT2D eigenvalue weighted by Crippen LogP contribution is 2.14. The molecule has 0 aromatic heterocycles. The van der Waals surface area contributed by atoms with Gasteiger partial charge in [-0.25, -0.2) is 4.79 Å². The molecule has 22 heavy (non-hydrogen) atoms. The molecule has 4 heteroatoms. The lowest BCUT2D eigenvalue weighted by molar-refractivity contribution is -0.116. The van der Waals surface area contributed by atoms with Gasteiger partial charge in [0, 0.05) is 18.4 Å². The number of carboxylic acids is 1. The molecular formula is C18H16O4. The van der Waals surface area contributed by atoms with Crippen LogP contribution in [0.15, 0.2) is 48.5 Å². The van der Waals surface area contributed by atoms with Crippen molar-refractivity contribution in [2.24, 2.45) is 0 Å². The van der Waals surface area contributed by atoms with Crippen LogP contribution in [0.3, 0.4) is 0 Å². The number of rotatable bonds is 6. The second-order valence-electron chi connectivity index (χ2n) is 5.15. The first-order valence-electron chi connectivity index (χ1n) is 6.90. The number of Topliss-reactive ketones (excluding diaryl/α,β-unsaturated/α-hetero) is 2. The third kappa shape index (κ3) is 3.88. The summed E-state index contributed by atoms with van der Waals surface area (Å²) in [6, 6.07) is 13.4. The molecule has 0 saturated carbocycles. The first-order valence-corrected chi connectivity index (χ1v) is 6.90. The van der Waals surface area contributed by atoms with Crippen LogP contribution >= 0.6 is 0 Å². The van der Waals surface area contributed by atoms with Crippen molar-refractivity contribution in [2.45, 2.75) is 19.8 Å². The molecule has 0 spiro atoms. The molecule has 0 amide bonds. The van der Waals surface area contributed by atoms with E-state index in [-0.39, 0.29) is 29.1 Å². The van der Waals surface area contributed by atoms with E-state index in [0.717, 1.165) is 11.1 Å². The van der Waals surface area contributed by atoms with Crippen LogP contribution in [-0.2, 0) is 17.6 Å². The number of carboxylic acid groups (broad SMARTS) is 1. The molecule has 0 radical (unpaired) electrons. The van der Waals surface area contributed by atoms with Gasteiger partial charge in [0.1, 0.15) is 5.78 Å². The average Bonchev–Trinajstić information content (AvgIpc) is 2.48. The van der Waals surface area contributed by atoms with Crippen molar-refractivity contribution in [1.29, 1.82) is 0 Å². The molecule has 2 rings (SSSR count). The Kier molecular flexibility index (Phi) is 4.84. The number of carbonyl (C=O) groups is 3. The molecule has 0 atom stereocenters. The van der Waals surface area contributed by atoms with E-state index in [1.54, 1.807) is 24.3 Å². The Bertz CT molecular complexity index is 714. The van der Waals surface area contributed by atoms with Crippen molar-refractivity contribution in [3.63, 3.8) is 0 Å². The predicted molar refractivity (Wildman–Crippen MR) is 82.3 cm³/mol. The number of hydrogen-bond acceptors (Lipinski definition) is 3. The second kappa shape index (κ2) is 6.80. The lowest BCUT2D eigenvalue weighted by Crippen LogP contribution is -2.10. The van der Waals surface area contributed by atoms with Crippen LogP contribution in [0.5, 0.6) is 0 Å². The first-order chi connectivity index (χ1) is 10.5. The molecule has 2 aromatic rings. The molecule has 0 bridgehead atoms. The Hall–Kier alpha value is -2.75. The molecule has 0 heterocycles. The van der Waals surface area contributed by atoms with Crippen LogP contribution in [0.2, 0.25) is 0 Å². The maximum atomic E-state index is 12.3. The fourth-order valence-electron chi connectivity index (χ4n) is 2.26. The van der Waals surface area contributed by atoms with Crippen LogP contribution in [-0.4, -0.2) is 22.6 Å². The topological polar surface area (TPSA) is 71.4 Å². The van der Waals surface area contributed by atoms with Crippen molar-refractivity contribution < 1.29 is 19.5 Å². The molecule has 0 saturated heterocycles. The van der Waals surface area contributed by atoms with Crippen molar-refractivity contribution in [3.05, 3.63) is 70.8 Å². The summed E-state index contributed by atoms with van der Waals surface area (Å²) in [4.78, 5) is 34.5. The zero-order chi connectivity index (χ0) is 16.1. The summed E-state index contributed by atoms with van der Waals surface area (Å²) in [5.74, 6) is -1.27. The quantitative estimate of drug-likeness (QED) is 0.832. The Balaban J connectivity index is 2.15. The maximum absolute atomic E-state index is 12.3. The van der Waals surface area contributed by atoms with Gasteiger partial charge in [0.25, 0.3) is 0 Å². The lowest BCUT2D eigenvalue weighted by Gasteiger charge is -2.06. The molecule has 0 aliphatic rings. The van der Waals surface area contributed by atoms with Gasteiger partial charge in [0.2, 0.25) is 0 Å². The highest BCUT2D eigenvalue weighted by atomic mass is 16.4. The average molecular weight is 296 g/mol. The van der Waals surface area contributed by atoms with Gasteiger partial charge >= 0.3 is 5.97 Å². The van der Waals surface area contributed by atoms with Crippen molar-refractivity contribution in [1.82, 2.24) is 0 Å². The molecule has 0 unspecified atom stereocenters. The zero-order valence-corrected chi connectivity index (χ0v) is 12.2. The Labute approximate surface area is 128 Å². The zero-order valence-electron chi connectivity index (χ0n) is 12.2. The van der Waals surface area contributed by atoms with Crippen LogP contribution in [0, 0.1) is 0 Å². The molecule has 0 aliphatic carbocycles. The normalized spacial score (nSPS) is 10.2. The van der Waals surface area contributed by atoms with Crippen molar-refractivity contribution in [3.8, 4) is 0 Å². The van der Waals surface area contributed by atoms with E-state index in [0.29, 0.717) is 6.42 Å². The fraction of sp³-hybridized carbons (Fsp3) is 0.167. The summed E-state index contributed by atoms with van der Waals surface area (Å²) >= 11 is 0. The largest absolute Gasteiger partial charge is 0.478 e. The van der Waals surface area contributed by atoms with Gasteiger partial charge in [0.15, 0.2) is 5.78 Å². The standard InChI is InChI=1S/C18H16O4/c1-12(19)10-13-6-8-14(9-7-13)11-17(20)15-4-2-3-5-16(15)18(21)22/h2-9H,10-11H2,1H3,(H,21,22). The molecule has 0 fully saturated rings. The molecule has 0 aliphatic heterocycles. The van der Waals surface area contributed by atoms with Crippen LogP contribution < -0.4 is 0 Å². The summed E-state index contributed by atoms with van der Waals surface area (Å²) in [5, 5.41) is 9.12. The third-order valence-corrected chi connectivity index (χ3v) is 3.30. The van der Waals surface area contributed by atoms with E-state index in [9.17, 15) is 14.4 Å². The summed E-state index contributed by atoms with van der Waals surface area (Å²) in [7, 11) is 0.